The highest BCUT2D eigenvalue weighted by Crippen LogP contribution is 2.16. The van der Waals surface area contributed by atoms with E-state index in [1.54, 1.807) is 0 Å². The topological polar surface area (TPSA) is 78.9 Å². The maximum atomic E-state index is 12.9. The number of ether oxygens (including phenoxy) is 3. The van der Waals surface area contributed by atoms with Crippen LogP contribution in [0.15, 0.2) is 97.2 Å². The first-order chi connectivity index (χ1) is 38.0. The Morgan fingerprint density at radius 3 is 0.844 bits per heavy atom. The van der Waals surface area contributed by atoms with E-state index in [9.17, 15) is 14.4 Å². The highest BCUT2D eigenvalue weighted by molar-refractivity contribution is 5.71. The molecule has 0 spiro atoms. The molecule has 0 radical (unpaired) electrons. The number of hydrogen-bond donors (Lipinski definition) is 0. The number of rotatable bonds is 59. The summed E-state index contributed by atoms with van der Waals surface area (Å²) < 4.78 is 16.9. The van der Waals surface area contributed by atoms with Crippen LogP contribution in [0.1, 0.15) is 316 Å². The van der Waals surface area contributed by atoms with Gasteiger partial charge in [-0.05, 0) is 122 Å². The van der Waals surface area contributed by atoms with E-state index < -0.39 is 6.10 Å². The Morgan fingerprint density at radius 2 is 0.506 bits per heavy atom. The number of carbonyl (C=O) groups excluding carboxylic acids is 3. The molecule has 0 rings (SSSR count). The lowest BCUT2D eigenvalue weighted by Gasteiger charge is -2.18. The molecular weight excluding hydrogens is 949 g/mol. The van der Waals surface area contributed by atoms with Gasteiger partial charge in [0.15, 0.2) is 6.10 Å². The fourth-order valence-electron chi connectivity index (χ4n) is 9.14. The smallest absolute Gasteiger partial charge is 0.306 e. The average Bonchev–Trinajstić information content (AvgIpc) is 3.43. The number of unbranched alkanes of at least 4 members (excludes halogenated alkanes) is 32. The van der Waals surface area contributed by atoms with E-state index in [1.807, 2.05) is 0 Å². The first-order valence-corrected chi connectivity index (χ1v) is 32.7. The predicted molar refractivity (Wildman–Crippen MR) is 334 cm³/mol. The minimum absolute atomic E-state index is 0.0969. The summed E-state index contributed by atoms with van der Waals surface area (Å²) in [4.78, 5) is 38.3. The van der Waals surface area contributed by atoms with Crippen LogP contribution in [0.3, 0.4) is 0 Å². The summed E-state index contributed by atoms with van der Waals surface area (Å²) in [5, 5.41) is 0. The minimum atomic E-state index is -0.806. The van der Waals surface area contributed by atoms with Gasteiger partial charge in [-0.2, -0.15) is 0 Å². The van der Waals surface area contributed by atoms with Crippen LogP contribution >= 0.6 is 0 Å². The molecule has 0 aliphatic rings. The van der Waals surface area contributed by atoms with Crippen molar-refractivity contribution in [1.29, 1.82) is 0 Å². The van der Waals surface area contributed by atoms with Crippen LogP contribution < -0.4 is 0 Å². The largest absolute Gasteiger partial charge is 0.462 e. The number of carbonyl (C=O) groups is 3. The molecule has 77 heavy (non-hydrogen) atoms. The maximum Gasteiger partial charge on any atom is 0.306 e. The van der Waals surface area contributed by atoms with Crippen molar-refractivity contribution in [2.24, 2.45) is 0 Å². The lowest BCUT2D eigenvalue weighted by molar-refractivity contribution is -0.167. The van der Waals surface area contributed by atoms with E-state index in [-0.39, 0.29) is 37.5 Å². The molecule has 0 aromatic rings. The molecule has 0 fully saturated rings. The highest BCUT2D eigenvalue weighted by atomic mass is 16.6. The van der Waals surface area contributed by atoms with Crippen LogP contribution in [0.4, 0.5) is 0 Å². The normalized spacial score (nSPS) is 12.7. The van der Waals surface area contributed by atoms with Crippen LogP contribution in [0.25, 0.3) is 0 Å². The van der Waals surface area contributed by atoms with Crippen LogP contribution in [-0.4, -0.2) is 37.2 Å². The van der Waals surface area contributed by atoms with Crippen LogP contribution in [-0.2, 0) is 28.6 Å². The first kappa shape index (κ1) is 73.3. The monoisotopic (exact) mass is 1070 g/mol. The standard InChI is InChI=1S/C71H122O6/c1-4-7-10-13-16-19-22-25-27-29-31-33-34-35-36-38-39-41-43-46-49-52-55-58-61-64-70(73)76-67-68(66-75-69(72)63-60-57-54-51-48-45-24-21-18-15-12-9-6-3)77-71(74)65-62-59-56-53-50-47-44-42-40-37-32-30-28-26-23-20-17-14-11-8-5-2/h8,11,17,20-21,24,26,28-29,31-32,37,42,44,50,53,68H,4-7,9-10,12-16,18-19,22-23,25,27,30,33-36,38-41,43,45-49,51-52,54-67H2,1-3H3/b11-8-,20-17-,24-21-,28-26-,31-29-,37-32-,44-42-,53-50-. The van der Waals surface area contributed by atoms with Gasteiger partial charge in [-0.3, -0.25) is 14.4 Å². The zero-order valence-electron chi connectivity index (χ0n) is 50.7. The summed E-state index contributed by atoms with van der Waals surface area (Å²) in [6.07, 6.45) is 87.1. The van der Waals surface area contributed by atoms with Crippen molar-refractivity contribution < 1.29 is 28.6 Å². The zero-order valence-corrected chi connectivity index (χ0v) is 50.7. The zero-order chi connectivity index (χ0) is 55.7. The van der Waals surface area contributed by atoms with E-state index in [2.05, 4.69) is 118 Å². The summed E-state index contributed by atoms with van der Waals surface area (Å²) in [7, 11) is 0. The molecule has 442 valence electrons. The quantitative estimate of drug-likeness (QED) is 0.0261. The van der Waals surface area contributed by atoms with Gasteiger partial charge in [0.2, 0.25) is 0 Å². The average molecular weight is 1070 g/mol. The highest BCUT2D eigenvalue weighted by Gasteiger charge is 2.19. The lowest BCUT2D eigenvalue weighted by atomic mass is 10.0. The second kappa shape index (κ2) is 64.9. The van der Waals surface area contributed by atoms with Gasteiger partial charge in [-0.15, -0.1) is 0 Å². The third kappa shape index (κ3) is 63.0. The van der Waals surface area contributed by atoms with Crippen LogP contribution in [0.2, 0.25) is 0 Å². The molecule has 1 atom stereocenters. The van der Waals surface area contributed by atoms with Crippen molar-refractivity contribution in [3.8, 4) is 0 Å². The van der Waals surface area contributed by atoms with Crippen molar-refractivity contribution in [3.63, 3.8) is 0 Å². The second-order valence-electron chi connectivity index (χ2n) is 21.6. The minimum Gasteiger partial charge on any atom is -0.462 e. The molecule has 6 nitrogen and oxygen atoms in total. The molecule has 0 saturated carbocycles. The molecular formula is C71H122O6. The Morgan fingerprint density at radius 1 is 0.273 bits per heavy atom. The van der Waals surface area contributed by atoms with Gasteiger partial charge in [0.25, 0.3) is 0 Å². The van der Waals surface area contributed by atoms with Crippen molar-refractivity contribution >= 4 is 17.9 Å². The Hall–Kier alpha value is -3.67. The molecule has 0 heterocycles. The predicted octanol–water partition coefficient (Wildman–Crippen LogP) is 22.4. The van der Waals surface area contributed by atoms with Crippen molar-refractivity contribution in [1.82, 2.24) is 0 Å². The SMILES string of the molecule is CC/C=C\C/C=C\C/C=C\C/C=C\C/C=C\C/C=C\CCCCC(=O)OC(COC(=O)CCCCCCC/C=C\CCCCCC)COC(=O)CCCCCCCCCCCCCCC/C=C\CCCCCCCCCC. The van der Waals surface area contributed by atoms with Gasteiger partial charge in [-0.1, -0.05) is 272 Å². The summed E-state index contributed by atoms with van der Waals surface area (Å²) in [6.45, 7) is 6.50. The number of hydrogen-bond acceptors (Lipinski definition) is 6. The molecule has 0 aromatic carbocycles. The third-order valence-electron chi connectivity index (χ3n) is 14.0. The van der Waals surface area contributed by atoms with Gasteiger partial charge in [0, 0.05) is 19.3 Å². The molecule has 0 amide bonds. The van der Waals surface area contributed by atoms with Crippen molar-refractivity contribution in [2.75, 3.05) is 13.2 Å². The summed E-state index contributed by atoms with van der Waals surface area (Å²) in [5.74, 6) is -0.941. The maximum absolute atomic E-state index is 12.9. The fourth-order valence-corrected chi connectivity index (χ4v) is 9.14. The molecule has 6 heteroatoms. The Kier molecular flexibility index (Phi) is 61.8. The van der Waals surface area contributed by atoms with Crippen molar-refractivity contribution in [3.05, 3.63) is 97.2 Å². The molecule has 0 aliphatic heterocycles. The fraction of sp³-hybridized carbons (Fsp3) is 0.732. The van der Waals surface area contributed by atoms with E-state index >= 15 is 0 Å². The van der Waals surface area contributed by atoms with Gasteiger partial charge < -0.3 is 14.2 Å². The molecule has 0 aliphatic carbocycles. The van der Waals surface area contributed by atoms with Gasteiger partial charge in [0.1, 0.15) is 13.2 Å². The summed E-state index contributed by atoms with van der Waals surface area (Å²) >= 11 is 0. The second-order valence-corrected chi connectivity index (χ2v) is 21.6. The molecule has 0 aromatic heterocycles. The molecule has 0 saturated heterocycles. The van der Waals surface area contributed by atoms with E-state index in [0.29, 0.717) is 19.3 Å². The number of allylic oxidation sites excluding steroid dienone is 16. The van der Waals surface area contributed by atoms with Gasteiger partial charge >= 0.3 is 17.9 Å². The van der Waals surface area contributed by atoms with Crippen LogP contribution in [0, 0.1) is 0 Å². The lowest BCUT2D eigenvalue weighted by Crippen LogP contribution is -2.30. The van der Waals surface area contributed by atoms with E-state index in [4.69, 9.17) is 14.2 Å². The molecule has 0 bridgehead atoms. The number of esters is 3. The Balaban J connectivity index is 4.37. The summed E-state index contributed by atoms with van der Waals surface area (Å²) in [6, 6.07) is 0. The Bertz CT molecular complexity index is 1510. The molecule has 0 N–H and O–H groups in total. The first-order valence-electron chi connectivity index (χ1n) is 32.7. The Labute approximate surface area is 477 Å². The van der Waals surface area contributed by atoms with E-state index in [0.717, 1.165) is 96.3 Å². The van der Waals surface area contributed by atoms with Crippen molar-refractivity contribution in [2.45, 2.75) is 322 Å². The molecule has 1 unspecified atom stereocenters. The summed E-state index contributed by atoms with van der Waals surface area (Å²) in [5.41, 5.74) is 0. The van der Waals surface area contributed by atoms with Crippen LogP contribution in [0.5, 0.6) is 0 Å². The van der Waals surface area contributed by atoms with E-state index in [1.165, 1.54) is 173 Å². The van der Waals surface area contributed by atoms with Gasteiger partial charge in [-0.25, -0.2) is 0 Å². The third-order valence-corrected chi connectivity index (χ3v) is 14.0. The van der Waals surface area contributed by atoms with Gasteiger partial charge in [0.05, 0.1) is 0 Å².